The monoisotopic (exact) mass is 386 g/mol. The third-order valence-corrected chi connectivity index (χ3v) is 4.81. The Balaban J connectivity index is 1.92. The van der Waals surface area contributed by atoms with E-state index in [1.165, 1.54) is 18.4 Å². The Hall–Kier alpha value is -2.27. The Labute approximate surface area is 169 Å². The van der Waals surface area contributed by atoms with Crippen molar-refractivity contribution in [1.82, 2.24) is 10.2 Å². The molecule has 154 valence electrons. The minimum Gasteiger partial charge on any atom is -0.497 e. The number of ether oxygens (including phenoxy) is 1. The number of hydrogen-bond acceptors (Lipinski definition) is 4. The van der Waals surface area contributed by atoms with Gasteiger partial charge in [-0.3, -0.25) is 9.69 Å². The highest BCUT2D eigenvalue weighted by atomic mass is 16.5. The van der Waals surface area contributed by atoms with Crippen LogP contribution in [0, 0.1) is 0 Å². The molecule has 5 heteroatoms. The number of furan rings is 1. The van der Waals surface area contributed by atoms with Crippen LogP contribution < -0.4 is 10.1 Å². The molecule has 1 N–H and O–H groups in total. The molecule has 0 radical (unpaired) electrons. The maximum Gasteiger partial charge on any atom is 0.286 e. The highest BCUT2D eigenvalue weighted by Gasteiger charge is 2.16. The lowest BCUT2D eigenvalue weighted by molar-refractivity contribution is 0.0920. The average molecular weight is 387 g/mol. The lowest BCUT2D eigenvalue weighted by atomic mass is 10.1. The first kappa shape index (κ1) is 22.0. The molecular weight excluding hydrogens is 352 g/mol. The molecule has 1 aromatic heterocycles. The van der Waals surface area contributed by atoms with Crippen LogP contribution in [0.3, 0.4) is 0 Å². The number of unbranched alkanes of at least 4 members (excludes halogenated alkanes) is 3. The van der Waals surface area contributed by atoms with Gasteiger partial charge in [0.05, 0.1) is 13.7 Å². The maximum atomic E-state index is 12.2. The molecule has 5 nitrogen and oxygen atoms in total. The predicted octanol–water partition coefficient (Wildman–Crippen LogP) is 5.01. The molecule has 2 aromatic rings. The second-order valence-corrected chi connectivity index (χ2v) is 7.43. The van der Waals surface area contributed by atoms with Crippen LogP contribution in [-0.4, -0.2) is 30.5 Å². The summed E-state index contributed by atoms with van der Waals surface area (Å²) in [6.45, 7) is 8.63. The molecule has 28 heavy (non-hydrogen) atoms. The van der Waals surface area contributed by atoms with Gasteiger partial charge in [-0.05, 0) is 50.1 Å². The van der Waals surface area contributed by atoms with Crippen LogP contribution >= 0.6 is 0 Å². The van der Waals surface area contributed by atoms with Crippen LogP contribution in [0.2, 0.25) is 0 Å². The van der Waals surface area contributed by atoms with Crippen molar-refractivity contribution in [1.29, 1.82) is 0 Å². The summed E-state index contributed by atoms with van der Waals surface area (Å²) in [6, 6.07) is 12.1. The fraction of sp³-hybridized carbons (Fsp3) is 0.522. The summed E-state index contributed by atoms with van der Waals surface area (Å²) in [5, 5.41) is 2.94. The molecule has 0 saturated carbocycles. The van der Waals surface area contributed by atoms with E-state index < -0.39 is 0 Å². The smallest absolute Gasteiger partial charge is 0.286 e. The number of hydrogen-bond donors (Lipinski definition) is 1. The number of methoxy groups -OCH3 is 1. The minimum atomic E-state index is -0.133. The van der Waals surface area contributed by atoms with Gasteiger partial charge in [-0.15, -0.1) is 0 Å². The fourth-order valence-electron chi connectivity index (χ4n) is 3.05. The second kappa shape index (κ2) is 11.5. The highest BCUT2D eigenvalue weighted by Crippen LogP contribution is 2.18. The number of benzene rings is 1. The number of carbonyl (C=O) groups is 1. The van der Waals surface area contributed by atoms with Gasteiger partial charge in [0.15, 0.2) is 5.76 Å². The largest absolute Gasteiger partial charge is 0.497 e. The summed E-state index contributed by atoms with van der Waals surface area (Å²) < 4.78 is 11.1. The van der Waals surface area contributed by atoms with Crippen molar-refractivity contribution in [3.05, 3.63) is 53.5 Å². The van der Waals surface area contributed by atoms with Crippen molar-refractivity contribution in [2.45, 2.75) is 65.6 Å². The van der Waals surface area contributed by atoms with Crippen molar-refractivity contribution in [2.75, 3.05) is 13.7 Å². The van der Waals surface area contributed by atoms with E-state index in [1.54, 1.807) is 13.2 Å². The quantitative estimate of drug-likeness (QED) is 0.521. The van der Waals surface area contributed by atoms with Crippen LogP contribution in [0.25, 0.3) is 0 Å². The lowest BCUT2D eigenvalue weighted by Gasteiger charge is -2.25. The summed E-state index contributed by atoms with van der Waals surface area (Å²) in [7, 11) is 1.68. The molecule has 0 aliphatic rings. The van der Waals surface area contributed by atoms with E-state index in [0.29, 0.717) is 24.9 Å². The van der Waals surface area contributed by atoms with Gasteiger partial charge in [0.2, 0.25) is 0 Å². The molecule has 0 saturated heterocycles. The van der Waals surface area contributed by atoms with Crippen LogP contribution in [0.4, 0.5) is 0 Å². The average Bonchev–Trinajstić information content (AvgIpc) is 3.16. The number of rotatable bonds is 12. The van der Waals surface area contributed by atoms with Crippen LogP contribution in [-0.2, 0) is 13.1 Å². The zero-order valence-corrected chi connectivity index (χ0v) is 17.7. The van der Waals surface area contributed by atoms with E-state index in [-0.39, 0.29) is 5.91 Å². The van der Waals surface area contributed by atoms with E-state index >= 15 is 0 Å². The molecule has 0 spiro atoms. The van der Waals surface area contributed by atoms with Crippen molar-refractivity contribution in [3.8, 4) is 5.75 Å². The summed E-state index contributed by atoms with van der Waals surface area (Å²) >= 11 is 0. The van der Waals surface area contributed by atoms with Crippen LogP contribution in [0.5, 0.6) is 5.75 Å². The topological polar surface area (TPSA) is 54.7 Å². The van der Waals surface area contributed by atoms with Crippen LogP contribution in [0.15, 0.2) is 40.8 Å². The maximum absolute atomic E-state index is 12.2. The third-order valence-electron chi connectivity index (χ3n) is 4.81. The number of carbonyl (C=O) groups excluding carboxylic acids is 1. The van der Waals surface area contributed by atoms with Crippen molar-refractivity contribution < 1.29 is 13.9 Å². The van der Waals surface area contributed by atoms with E-state index in [9.17, 15) is 4.79 Å². The van der Waals surface area contributed by atoms with Gasteiger partial charge in [0.25, 0.3) is 5.91 Å². The van der Waals surface area contributed by atoms with Gasteiger partial charge in [-0.25, -0.2) is 0 Å². The van der Waals surface area contributed by atoms with Crippen molar-refractivity contribution in [2.24, 2.45) is 0 Å². The molecule has 0 aliphatic heterocycles. The van der Waals surface area contributed by atoms with Gasteiger partial charge in [-0.2, -0.15) is 0 Å². The minimum absolute atomic E-state index is 0.133. The predicted molar refractivity (Wildman–Crippen MR) is 113 cm³/mol. The molecule has 2 rings (SSSR count). The first-order valence-corrected chi connectivity index (χ1v) is 10.3. The Kier molecular flexibility index (Phi) is 9.08. The first-order chi connectivity index (χ1) is 13.5. The van der Waals surface area contributed by atoms with Crippen molar-refractivity contribution in [3.63, 3.8) is 0 Å². The molecule has 0 aliphatic carbocycles. The molecule has 1 aromatic carbocycles. The van der Waals surface area contributed by atoms with Gasteiger partial charge in [0.1, 0.15) is 11.5 Å². The third kappa shape index (κ3) is 7.04. The zero-order chi connectivity index (χ0) is 20.4. The first-order valence-electron chi connectivity index (χ1n) is 10.3. The Morgan fingerprint density at radius 3 is 2.68 bits per heavy atom. The highest BCUT2D eigenvalue weighted by molar-refractivity contribution is 5.91. The van der Waals surface area contributed by atoms with Gasteiger partial charge in [-0.1, -0.05) is 38.3 Å². The van der Waals surface area contributed by atoms with Crippen LogP contribution in [0.1, 0.15) is 68.3 Å². The molecule has 1 amide bonds. The summed E-state index contributed by atoms with van der Waals surface area (Å²) in [4.78, 5) is 14.5. The number of nitrogens with one attached hydrogen (secondary N) is 1. The SMILES string of the molecule is CCCCCCNC(=O)c1ccc(CN(Cc2cccc(OC)c2)C(C)C)o1. The zero-order valence-electron chi connectivity index (χ0n) is 17.7. The van der Waals surface area contributed by atoms with Gasteiger partial charge < -0.3 is 14.5 Å². The molecular formula is C23H34N2O3. The number of nitrogens with zero attached hydrogens (tertiary/aromatic N) is 1. The molecule has 0 atom stereocenters. The standard InChI is InChI=1S/C23H34N2O3/c1-5-6-7-8-14-24-23(26)22-13-12-21(28-22)17-25(18(2)3)16-19-10-9-11-20(15-19)27-4/h9-13,15,18H,5-8,14,16-17H2,1-4H3,(H,24,26). The Morgan fingerprint density at radius 2 is 1.96 bits per heavy atom. The van der Waals surface area contributed by atoms with E-state index in [0.717, 1.165) is 30.9 Å². The summed E-state index contributed by atoms with van der Waals surface area (Å²) in [5.74, 6) is 1.91. The Bertz CT molecular complexity index is 724. The fourth-order valence-corrected chi connectivity index (χ4v) is 3.05. The summed E-state index contributed by atoms with van der Waals surface area (Å²) in [6.07, 6.45) is 4.55. The molecule has 0 fully saturated rings. The van der Waals surface area contributed by atoms with E-state index in [1.807, 2.05) is 18.2 Å². The Morgan fingerprint density at radius 1 is 1.14 bits per heavy atom. The molecule has 1 heterocycles. The van der Waals surface area contributed by atoms with Crippen molar-refractivity contribution >= 4 is 5.91 Å². The van der Waals surface area contributed by atoms with Gasteiger partial charge >= 0.3 is 0 Å². The lowest BCUT2D eigenvalue weighted by Crippen LogP contribution is -2.29. The molecule has 0 bridgehead atoms. The molecule has 0 unspecified atom stereocenters. The van der Waals surface area contributed by atoms with E-state index in [4.69, 9.17) is 9.15 Å². The van der Waals surface area contributed by atoms with Gasteiger partial charge in [0, 0.05) is 19.1 Å². The second-order valence-electron chi connectivity index (χ2n) is 7.43. The number of amides is 1. The normalized spacial score (nSPS) is 11.2. The summed E-state index contributed by atoms with van der Waals surface area (Å²) in [5.41, 5.74) is 1.18. The van der Waals surface area contributed by atoms with E-state index in [2.05, 4.69) is 43.1 Å².